The molecule has 0 radical (unpaired) electrons. The standard InChI is InChI=1S/C17H18BrCl/c1-10-12(3)17(18)13(4)11(2)15(10)9-14-7-5-6-8-16(14)19/h5-8H,9H2,1-4H3. The Morgan fingerprint density at radius 1 is 0.895 bits per heavy atom. The van der Waals surface area contributed by atoms with Crippen LogP contribution >= 0.6 is 27.5 Å². The van der Waals surface area contributed by atoms with E-state index >= 15 is 0 Å². The lowest BCUT2D eigenvalue weighted by atomic mass is 9.90. The summed E-state index contributed by atoms with van der Waals surface area (Å²) < 4.78 is 1.23. The zero-order chi connectivity index (χ0) is 14.2. The average Bonchev–Trinajstić information content (AvgIpc) is 2.41. The smallest absolute Gasteiger partial charge is 0.0441 e. The van der Waals surface area contributed by atoms with Crippen LogP contribution in [0.4, 0.5) is 0 Å². The van der Waals surface area contributed by atoms with E-state index in [0.29, 0.717) is 0 Å². The van der Waals surface area contributed by atoms with Crippen molar-refractivity contribution in [2.75, 3.05) is 0 Å². The minimum Gasteiger partial charge on any atom is -0.0840 e. The van der Waals surface area contributed by atoms with Crippen molar-refractivity contribution in [2.24, 2.45) is 0 Å². The summed E-state index contributed by atoms with van der Waals surface area (Å²) >= 11 is 9.97. The quantitative estimate of drug-likeness (QED) is 0.637. The topological polar surface area (TPSA) is 0 Å². The summed E-state index contributed by atoms with van der Waals surface area (Å²) in [5, 5.41) is 0.847. The molecule has 0 N–H and O–H groups in total. The Balaban J connectivity index is 2.56. The highest BCUT2D eigenvalue weighted by molar-refractivity contribution is 9.10. The van der Waals surface area contributed by atoms with Crippen LogP contribution in [-0.4, -0.2) is 0 Å². The molecule has 0 nitrogen and oxygen atoms in total. The van der Waals surface area contributed by atoms with Crippen molar-refractivity contribution >= 4 is 27.5 Å². The minimum atomic E-state index is 0.847. The van der Waals surface area contributed by atoms with Crippen molar-refractivity contribution in [3.63, 3.8) is 0 Å². The van der Waals surface area contributed by atoms with Gasteiger partial charge in [-0.25, -0.2) is 0 Å². The summed E-state index contributed by atoms with van der Waals surface area (Å²) in [6.45, 7) is 8.72. The first-order chi connectivity index (χ1) is 8.93. The molecule has 2 rings (SSSR count). The molecule has 2 aromatic rings. The van der Waals surface area contributed by atoms with Crippen molar-refractivity contribution in [3.05, 3.63) is 67.1 Å². The molecule has 0 unspecified atom stereocenters. The molecule has 0 amide bonds. The highest BCUT2D eigenvalue weighted by Gasteiger charge is 2.14. The highest BCUT2D eigenvalue weighted by atomic mass is 79.9. The van der Waals surface area contributed by atoms with E-state index in [9.17, 15) is 0 Å². The Labute approximate surface area is 128 Å². The molecule has 0 aromatic heterocycles. The van der Waals surface area contributed by atoms with Crippen LogP contribution in [0.3, 0.4) is 0 Å². The molecule has 2 heteroatoms. The van der Waals surface area contributed by atoms with E-state index in [1.165, 1.54) is 37.9 Å². The molecule has 0 aliphatic heterocycles. The Kier molecular flexibility index (Phi) is 4.37. The maximum Gasteiger partial charge on any atom is 0.0441 e. The van der Waals surface area contributed by atoms with Gasteiger partial charge in [0.1, 0.15) is 0 Å². The molecule has 0 bridgehead atoms. The van der Waals surface area contributed by atoms with Gasteiger partial charge in [0.2, 0.25) is 0 Å². The molecule has 0 heterocycles. The SMILES string of the molecule is Cc1c(C)c(Cc2ccccc2Cl)c(C)c(C)c1Br. The predicted octanol–water partition coefficient (Wildman–Crippen LogP) is 5.93. The second kappa shape index (κ2) is 5.68. The molecule has 19 heavy (non-hydrogen) atoms. The zero-order valence-electron chi connectivity index (χ0n) is 11.8. The molecule has 0 aliphatic carbocycles. The van der Waals surface area contributed by atoms with Crippen LogP contribution in [0, 0.1) is 27.7 Å². The molecule has 0 spiro atoms. The number of halogens is 2. The lowest BCUT2D eigenvalue weighted by molar-refractivity contribution is 1.07. The van der Waals surface area contributed by atoms with E-state index in [4.69, 9.17) is 11.6 Å². The first kappa shape index (κ1) is 14.6. The van der Waals surface area contributed by atoms with Gasteiger partial charge >= 0.3 is 0 Å². The molecule has 0 aliphatic rings. The van der Waals surface area contributed by atoms with Gasteiger partial charge in [0, 0.05) is 9.50 Å². The number of hydrogen-bond acceptors (Lipinski definition) is 0. The van der Waals surface area contributed by atoms with E-state index < -0.39 is 0 Å². The monoisotopic (exact) mass is 336 g/mol. The molecule has 0 saturated heterocycles. The summed E-state index contributed by atoms with van der Waals surface area (Å²) in [4.78, 5) is 0. The van der Waals surface area contributed by atoms with E-state index in [-0.39, 0.29) is 0 Å². The average molecular weight is 338 g/mol. The van der Waals surface area contributed by atoms with Gasteiger partial charge < -0.3 is 0 Å². The van der Waals surface area contributed by atoms with Crippen molar-refractivity contribution < 1.29 is 0 Å². The largest absolute Gasteiger partial charge is 0.0840 e. The molecular weight excluding hydrogens is 320 g/mol. The van der Waals surface area contributed by atoms with Gasteiger partial charge in [-0.2, -0.15) is 0 Å². The number of hydrogen-bond donors (Lipinski definition) is 0. The van der Waals surface area contributed by atoms with Gasteiger partial charge in [0.25, 0.3) is 0 Å². The molecular formula is C17H18BrCl. The van der Waals surface area contributed by atoms with Gasteiger partial charge in [-0.3, -0.25) is 0 Å². The van der Waals surface area contributed by atoms with E-state index in [0.717, 1.165) is 11.4 Å². The Hall–Kier alpha value is -0.790. The first-order valence-electron chi connectivity index (χ1n) is 6.41. The Morgan fingerprint density at radius 3 is 1.95 bits per heavy atom. The second-order valence-corrected chi connectivity index (χ2v) is 6.26. The summed E-state index contributed by atoms with van der Waals surface area (Å²) in [5.74, 6) is 0. The fourth-order valence-electron chi connectivity index (χ4n) is 2.44. The summed E-state index contributed by atoms with van der Waals surface area (Å²) in [6, 6.07) is 8.09. The van der Waals surface area contributed by atoms with Crippen LogP contribution in [-0.2, 0) is 6.42 Å². The Bertz CT molecular complexity index is 600. The van der Waals surface area contributed by atoms with Gasteiger partial charge in [0.05, 0.1) is 0 Å². The lowest BCUT2D eigenvalue weighted by Gasteiger charge is -2.18. The van der Waals surface area contributed by atoms with Gasteiger partial charge in [-0.05, 0) is 73.6 Å². The normalized spacial score (nSPS) is 10.8. The van der Waals surface area contributed by atoms with Gasteiger partial charge in [0.15, 0.2) is 0 Å². The second-order valence-electron chi connectivity index (χ2n) is 5.06. The highest BCUT2D eigenvalue weighted by Crippen LogP contribution is 2.32. The molecule has 0 atom stereocenters. The number of benzene rings is 2. The van der Waals surface area contributed by atoms with Crippen molar-refractivity contribution in [3.8, 4) is 0 Å². The third-order valence-electron chi connectivity index (χ3n) is 4.01. The van der Waals surface area contributed by atoms with Crippen LogP contribution in [0.2, 0.25) is 5.02 Å². The predicted molar refractivity (Wildman–Crippen MR) is 87.3 cm³/mol. The zero-order valence-corrected chi connectivity index (χ0v) is 14.1. The van der Waals surface area contributed by atoms with Crippen LogP contribution in [0.15, 0.2) is 28.7 Å². The van der Waals surface area contributed by atoms with Crippen LogP contribution < -0.4 is 0 Å². The molecule has 0 fully saturated rings. The molecule has 2 aromatic carbocycles. The first-order valence-corrected chi connectivity index (χ1v) is 7.58. The van der Waals surface area contributed by atoms with Crippen molar-refractivity contribution in [2.45, 2.75) is 34.1 Å². The van der Waals surface area contributed by atoms with Crippen LogP contribution in [0.5, 0.6) is 0 Å². The number of rotatable bonds is 2. The fraction of sp³-hybridized carbons (Fsp3) is 0.294. The third-order valence-corrected chi connectivity index (χ3v) is 5.57. The van der Waals surface area contributed by atoms with E-state index in [1.807, 2.05) is 18.2 Å². The summed E-state index contributed by atoms with van der Waals surface area (Å²) in [6.07, 6.45) is 0.895. The van der Waals surface area contributed by atoms with Crippen LogP contribution in [0.1, 0.15) is 33.4 Å². The molecule has 0 saturated carbocycles. The Morgan fingerprint density at radius 2 is 1.42 bits per heavy atom. The third kappa shape index (κ3) is 2.73. The minimum absolute atomic E-state index is 0.847. The lowest BCUT2D eigenvalue weighted by Crippen LogP contribution is -2.02. The molecule has 100 valence electrons. The fourth-order valence-corrected chi connectivity index (χ4v) is 3.24. The van der Waals surface area contributed by atoms with Crippen LogP contribution in [0.25, 0.3) is 0 Å². The summed E-state index contributed by atoms with van der Waals surface area (Å²) in [7, 11) is 0. The maximum absolute atomic E-state index is 6.28. The van der Waals surface area contributed by atoms with Gasteiger partial charge in [-0.15, -0.1) is 0 Å². The van der Waals surface area contributed by atoms with Crippen molar-refractivity contribution in [1.82, 2.24) is 0 Å². The summed E-state index contributed by atoms with van der Waals surface area (Å²) in [5.41, 5.74) is 7.95. The van der Waals surface area contributed by atoms with Gasteiger partial charge in [-0.1, -0.05) is 45.7 Å². The maximum atomic E-state index is 6.28. The van der Waals surface area contributed by atoms with E-state index in [1.54, 1.807) is 0 Å². The van der Waals surface area contributed by atoms with Crippen molar-refractivity contribution in [1.29, 1.82) is 0 Å². The van der Waals surface area contributed by atoms with E-state index in [2.05, 4.69) is 49.7 Å².